The van der Waals surface area contributed by atoms with E-state index in [0.717, 1.165) is 0 Å². The predicted octanol–water partition coefficient (Wildman–Crippen LogP) is 3.12. The van der Waals surface area contributed by atoms with Crippen LogP contribution in [-0.2, 0) is 0 Å². The molecule has 0 aliphatic carbocycles. The minimum Gasteiger partial charge on any atom is -0.298 e. The van der Waals surface area contributed by atoms with Gasteiger partial charge in [0.25, 0.3) is 0 Å². The van der Waals surface area contributed by atoms with Crippen molar-refractivity contribution in [1.82, 2.24) is 0 Å². The van der Waals surface area contributed by atoms with Crippen LogP contribution in [0.25, 0.3) is 0 Å². The first-order valence-corrected chi connectivity index (χ1v) is 4.69. The van der Waals surface area contributed by atoms with Gasteiger partial charge in [0.2, 0.25) is 0 Å². The Morgan fingerprint density at radius 1 is 1.54 bits per heavy atom. The Morgan fingerprint density at radius 3 is 2.62 bits per heavy atom. The highest BCUT2D eigenvalue weighted by molar-refractivity contribution is 9.10. The number of aldehydes is 1. The van der Waals surface area contributed by atoms with E-state index in [2.05, 4.69) is 15.9 Å². The average molecular weight is 262 g/mol. The van der Waals surface area contributed by atoms with Gasteiger partial charge in [-0.25, -0.2) is 0 Å². The van der Waals surface area contributed by atoms with Crippen molar-refractivity contribution in [1.29, 1.82) is 0 Å². The molecule has 0 atom stereocenters. The molecular formula is C9H6BrClO2. The maximum Gasteiger partial charge on any atom is 0.160 e. The normalized spacial score (nSPS) is 9.77. The van der Waals surface area contributed by atoms with Crippen molar-refractivity contribution in [3.05, 3.63) is 32.8 Å². The maximum atomic E-state index is 11.1. The Hall–Kier alpha value is -0.670. The summed E-state index contributed by atoms with van der Waals surface area (Å²) in [6.07, 6.45) is 0.587. The van der Waals surface area contributed by atoms with Crippen LogP contribution in [0.2, 0.25) is 5.02 Å². The highest BCUT2D eigenvalue weighted by Gasteiger charge is 2.12. The third-order valence-corrected chi connectivity index (χ3v) is 2.93. The number of benzene rings is 1. The van der Waals surface area contributed by atoms with Gasteiger partial charge in [0.15, 0.2) is 12.1 Å². The van der Waals surface area contributed by atoms with Crippen molar-refractivity contribution < 1.29 is 9.59 Å². The maximum absolute atomic E-state index is 11.1. The van der Waals surface area contributed by atoms with Crippen molar-refractivity contribution in [2.24, 2.45) is 0 Å². The summed E-state index contributed by atoms with van der Waals surface area (Å²) in [4.78, 5) is 21.7. The van der Waals surface area contributed by atoms with Crippen LogP contribution in [0, 0.1) is 0 Å². The summed E-state index contributed by atoms with van der Waals surface area (Å²) >= 11 is 8.98. The van der Waals surface area contributed by atoms with Gasteiger partial charge >= 0.3 is 0 Å². The van der Waals surface area contributed by atoms with Crippen molar-refractivity contribution in [2.75, 3.05) is 0 Å². The summed E-state index contributed by atoms with van der Waals surface area (Å²) < 4.78 is 0.612. The number of ketones is 1. The molecule has 68 valence electrons. The van der Waals surface area contributed by atoms with Gasteiger partial charge in [0.05, 0.1) is 5.02 Å². The molecule has 1 aromatic rings. The predicted molar refractivity (Wildman–Crippen MR) is 54.5 cm³/mol. The summed E-state index contributed by atoms with van der Waals surface area (Å²) in [5.74, 6) is -0.170. The number of rotatable bonds is 2. The van der Waals surface area contributed by atoms with E-state index in [4.69, 9.17) is 11.6 Å². The van der Waals surface area contributed by atoms with Gasteiger partial charge in [0, 0.05) is 15.6 Å². The Kier molecular flexibility index (Phi) is 3.22. The fourth-order valence-electron chi connectivity index (χ4n) is 0.989. The van der Waals surface area contributed by atoms with Crippen LogP contribution in [0.3, 0.4) is 0 Å². The van der Waals surface area contributed by atoms with Crippen LogP contribution < -0.4 is 0 Å². The molecule has 0 amide bonds. The third kappa shape index (κ3) is 1.98. The molecule has 2 nitrogen and oxygen atoms in total. The molecule has 0 unspecified atom stereocenters. The van der Waals surface area contributed by atoms with Gasteiger partial charge in [-0.05, 0) is 35.0 Å². The third-order valence-electron chi connectivity index (χ3n) is 1.63. The Bertz CT molecular complexity index is 374. The standard InChI is InChI=1S/C9H6BrClO2/c1-5(13)6-2-3-8(10)9(11)7(6)4-12/h2-4H,1H3. The second-order valence-corrected chi connectivity index (χ2v) is 3.73. The molecule has 0 fully saturated rings. The number of hydrogen-bond acceptors (Lipinski definition) is 2. The molecule has 0 spiro atoms. The Balaban J connectivity index is 3.47. The van der Waals surface area contributed by atoms with Crippen molar-refractivity contribution in [3.63, 3.8) is 0 Å². The lowest BCUT2D eigenvalue weighted by Gasteiger charge is -2.03. The first kappa shape index (κ1) is 10.4. The summed E-state index contributed by atoms with van der Waals surface area (Å²) in [6.45, 7) is 1.40. The van der Waals surface area contributed by atoms with Crippen molar-refractivity contribution in [2.45, 2.75) is 6.92 Å². The Labute approximate surface area is 89.0 Å². The topological polar surface area (TPSA) is 34.1 Å². The van der Waals surface area contributed by atoms with E-state index in [0.29, 0.717) is 16.3 Å². The molecule has 0 aliphatic rings. The second kappa shape index (κ2) is 4.03. The van der Waals surface area contributed by atoms with Gasteiger partial charge in [0.1, 0.15) is 0 Å². The molecule has 0 N–H and O–H groups in total. The fourth-order valence-corrected chi connectivity index (χ4v) is 1.54. The van der Waals surface area contributed by atoms with Gasteiger partial charge < -0.3 is 0 Å². The first-order chi connectivity index (χ1) is 6.07. The molecule has 13 heavy (non-hydrogen) atoms. The molecule has 0 aliphatic heterocycles. The smallest absolute Gasteiger partial charge is 0.160 e. The SMILES string of the molecule is CC(=O)c1ccc(Br)c(Cl)c1C=O. The molecule has 1 aromatic carbocycles. The molecule has 0 radical (unpaired) electrons. The van der Waals surface area contributed by atoms with Crippen LogP contribution in [-0.4, -0.2) is 12.1 Å². The highest BCUT2D eigenvalue weighted by Crippen LogP contribution is 2.27. The van der Waals surface area contributed by atoms with E-state index in [9.17, 15) is 9.59 Å². The lowest BCUT2D eigenvalue weighted by Crippen LogP contribution is -1.99. The van der Waals surface area contributed by atoms with E-state index in [1.165, 1.54) is 6.92 Å². The molecule has 0 aromatic heterocycles. The summed E-state index contributed by atoms with van der Waals surface area (Å²) in [6, 6.07) is 3.22. The second-order valence-electron chi connectivity index (χ2n) is 2.50. The van der Waals surface area contributed by atoms with Gasteiger partial charge in [-0.1, -0.05) is 11.6 Å². The van der Waals surface area contributed by atoms with E-state index in [-0.39, 0.29) is 16.4 Å². The van der Waals surface area contributed by atoms with Gasteiger partial charge in [-0.3, -0.25) is 9.59 Å². The largest absolute Gasteiger partial charge is 0.298 e. The summed E-state index contributed by atoms with van der Waals surface area (Å²) in [5, 5.41) is 0.280. The van der Waals surface area contributed by atoms with Crippen LogP contribution >= 0.6 is 27.5 Å². The first-order valence-electron chi connectivity index (χ1n) is 3.52. The summed E-state index contributed by atoms with van der Waals surface area (Å²) in [7, 11) is 0. The quantitative estimate of drug-likeness (QED) is 0.605. The number of halogens is 2. The molecule has 4 heteroatoms. The zero-order valence-electron chi connectivity index (χ0n) is 6.80. The van der Waals surface area contributed by atoms with Crippen molar-refractivity contribution >= 4 is 39.6 Å². The lowest BCUT2D eigenvalue weighted by atomic mass is 10.1. The highest BCUT2D eigenvalue weighted by atomic mass is 79.9. The molecule has 0 saturated heterocycles. The molecule has 0 heterocycles. The zero-order chi connectivity index (χ0) is 10.0. The van der Waals surface area contributed by atoms with E-state index < -0.39 is 0 Å². The van der Waals surface area contributed by atoms with Crippen molar-refractivity contribution in [3.8, 4) is 0 Å². The monoisotopic (exact) mass is 260 g/mol. The van der Waals surface area contributed by atoms with Gasteiger partial charge in [-0.2, -0.15) is 0 Å². The number of hydrogen-bond donors (Lipinski definition) is 0. The molecule has 0 bridgehead atoms. The number of carbonyl (C=O) groups excluding carboxylic acids is 2. The lowest BCUT2D eigenvalue weighted by molar-refractivity contribution is 0.101. The molecule has 1 rings (SSSR count). The van der Waals surface area contributed by atoms with E-state index in [1.54, 1.807) is 12.1 Å². The fraction of sp³-hybridized carbons (Fsp3) is 0.111. The minimum atomic E-state index is -0.170. The average Bonchev–Trinajstić information content (AvgIpc) is 2.09. The Morgan fingerprint density at radius 2 is 2.15 bits per heavy atom. The van der Waals surface area contributed by atoms with Crippen LogP contribution in [0.5, 0.6) is 0 Å². The summed E-state index contributed by atoms with van der Waals surface area (Å²) in [5.41, 5.74) is 0.590. The molecular weight excluding hydrogens is 255 g/mol. The molecule has 0 saturated carbocycles. The van der Waals surface area contributed by atoms with Crippen LogP contribution in [0.1, 0.15) is 27.6 Å². The van der Waals surface area contributed by atoms with E-state index >= 15 is 0 Å². The zero-order valence-corrected chi connectivity index (χ0v) is 9.15. The van der Waals surface area contributed by atoms with E-state index in [1.807, 2.05) is 0 Å². The van der Waals surface area contributed by atoms with Gasteiger partial charge in [-0.15, -0.1) is 0 Å². The van der Waals surface area contributed by atoms with Crippen LogP contribution in [0.4, 0.5) is 0 Å². The van der Waals surface area contributed by atoms with Crippen LogP contribution in [0.15, 0.2) is 16.6 Å². The minimum absolute atomic E-state index is 0.170. The number of carbonyl (C=O) groups is 2. The number of Topliss-reactive ketones (excluding diaryl/α,β-unsaturated/α-hetero) is 1.